The number of thiazole rings is 1. The SMILES string of the molecule is CCc1ccc(-c2csc(NC(=O)c3c(C)noc3C)n2)cc1. The molecule has 118 valence electrons. The average Bonchev–Trinajstić information content (AvgIpc) is 3.14. The molecular formula is C17H17N3O2S. The largest absolute Gasteiger partial charge is 0.361 e. The second-order valence-electron chi connectivity index (χ2n) is 5.24. The van der Waals surface area contributed by atoms with Gasteiger partial charge in [0.1, 0.15) is 11.3 Å². The minimum absolute atomic E-state index is 0.247. The van der Waals surface area contributed by atoms with Gasteiger partial charge in [-0.2, -0.15) is 0 Å². The summed E-state index contributed by atoms with van der Waals surface area (Å²) < 4.78 is 5.02. The van der Waals surface area contributed by atoms with Gasteiger partial charge in [-0.3, -0.25) is 10.1 Å². The predicted molar refractivity (Wildman–Crippen MR) is 90.9 cm³/mol. The molecule has 0 radical (unpaired) electrons. The normalized spacial score (nSPS) is 10.7. The number of carbonyl (C=O) groups excluding carboxylic acids is 1. The van der Waals surface area contributed by atoms with Crippen LogP contribution in [0.2, 0.25) is 0 Å². The van der Waals surface area contributed by atoms with Crippen LogP contribution in [0, 0.1) is 13.8 Å². The van der Waals surface area contributed by atoms with Crippen LogP contribution in [0.4, 0.5) is 5.13 Å². The summed E-state index contributed by atoms with van der Waals surface area (Å²) in [5, 5.41) is 9.10. The third-order valence-corrected chi connectivity index (χ3v) is 4.40. The van der Waals surface area contributed by atoms with Crippen LogP contribution >= 0.6 is 11.3 Å². The number of aryl methyl sites for hydroxylation is 3. The lowest BCUT2D eigenvalue weighted by molar-refractivity contribution is 0.102. The number of nitrogens with one attached hydrogen (secondary N) is 1. The zero-order valence-electron chi connectivity index (χ0n) is 13.2. The molecule has 0 aliphatic carbocycles. The molecule has 2 aromatic heterocycles. The summed E-state index contributed by atoms with van der Waals surface area (Å²) in [6.07, 6.45) is 1.01. The first-order chi connectivity index (χ1) is 11.1. The maximum absolute atomic E-state index is 12.3. The van der Waals surface area contributed by atoms with E-state index in [1.165, 1.54) is 16.9 Å². The highest BCUT2D eigenvalue weighted by molar-refractivity contribution is 7.14. The molecule has 0 bridgehead atoms. The molecule has 0 fully saturated rings. The number of anilines is 1. The van der Waals surface area contributed by atoms with Gasteiger partial charge < -0.3 is 4.52 Å². The van der Waals surface area contributed by atoms with Gasteiger partial charge in [0.2, 0.25) is 0 Å². The minimum atomic E-state index is -0.247. The molecule has 5 nitrogen and oxygen atoms in total. The maximum atomic E-state index is 12.3. The number of rotatable bonds is 4. The van der Waals surface area contributed by atoms with E-state index in [4.69, 9.17) is 4.52 Å². The highest BCUT2D eigenvalue weighted by Crippen LogP contribution is 2.26. The van der Waals surface area contributed by atoms with Crippen molar-refractivity contribution in [2.24, 2.45) is 0 Å². The first-order valence-corrected chi connectivity index (χ1v) is 8.25. The molecule has 0 spiro atoms. The van der Waals surface area contributed by atoms with Crippen LogP contribution in [0.5, 0.6) is 0 Å². The van der Waals surface area contributed by atoms with E-state index in [0.29, 0.717) is 22.1 Å². The fourth-order valence-corrected chi connectivity index (χ4v) is 3.06. The number of hydrogen-bond donors (Lipinski definition) is 1. The Balaban J connectivity index is 1.78. The third-order valence-electron chi connectivity index (χ3n) is 3.64. The summed E-state index contributed by atoms with van der Waals surface area (Å²) in [5.41, 5.74) is 4.22. The quantitative estimate of drug-likeness (QED) is 0.778. The summed E-state index contributed by atoms with van der Waals surface area (Å²) in [6.45, 7) is 5.59. The lowest BCUT2D eigenvalue weighted by Gasteiger charge is -2.01. The van der Waals surface area contributed by atoms with Gasteiger partial charge in [-0.05, 0) is 25.8 Å². The van der Waals surface area contributed by atoms with Gasteiger partial charge in [-0.1, -0.05) is 36.3 Å². The van der Waals surface area contributed by atoms with Gasteiger partial charge in [0, 0.05) is 10.9 Å². The van der Waals surface area contributed by atoms with Crippen LogP contribution in [0.25, 0.3) is 11.3 Å². The van der Waals surface area contributed by atoms with Gasteiger partial charge in [0.15, 0.2) is 5.13 Å². The average molecular weight is 327 g/mol. The Morgan fingerprint density at radius 2 is 2.00 bits per heavy atom. The smallest absolute Gasteiger partial charge is 0.262 e. The van der Waals surface area contributed by atoms with Crippen LogP contribution in [0.3, 0.4) is 0 Å². The molecule has 0 aliphatic rings. The second kappa shape index (κ2) is 6.34. The van der Waals surface area contributed by atoms with Crippen molar-refractivity contribution >= 4 is 22.4 Å². The van der Waals surface area contributed by atoms with Crippen LogP contribution in [0.1, 0.15) is 34.3 Å². The molecule has 0 saturated carbocycles. The Hall–Kier alpha value is -2.47. The Morgan fingerprint density at radius 3 is 2.61 bits per heavy atom. The predicted octanol–water partition coefficient (Wildman–Crippen LogP) is 4.23. The first kappa shape index (κ1) is 15.4. The van der Waals surface area contributed by atoms with Crippen molar-refractivity contribution in [2.45, 2.75) is 27.2 Å². The second-order valence-corrected chi connectivity index (χ2v) is 6.10. The van der Waals surface area contributed by atoms with E-state index in [1.807, 2.05) is 17.5 Å². The van der Waals surface area contributed by atoms with E-state index < -0.39 is 0 Å². The summed E-state index contributed by atoms with van der Waals surface area (Å²) in [4.78, 5) is 16.8. The standard InChI is InChI=1S/C17H17N3O2S/c1-4-12-5-7-13(8-6-12)14-9-23-17(18-14)19-16(21)15-10(2)20-22-11(15)3/h5-9H,4H2,1-3H3,(H,18,19,21). The molecular weight excluding hydrogens is 310 g/mol. The highest BCUT2D eigenvalue weighted by Gasteiger charge is 2.18. The summed E-state index contributed by atoms with van der Waals surface area (Å²) >= 11 is 1.40. The van der Waals surface area contributed by atoms with Crippen molar-refractivity contribution < 1.29 is 9.32 Å². The number of amides is 1. The van der Waals surface area contributed by atoms with Gasteiger partial charge in [-0.25, -0.2) is 4.98 Å². The van der Waals surface area contributed by atoms with Crippen molar-refractivity contribution in [2.75, 3.05) is 5.32 Å². The van der Waals surface area contributed by atoms with E-state index in [1.54, 1.807) is 13.8 Å². The molecule has 0 atom stereocenters. The van der Waals surface area contributed by atoms with E-state index in [9.17, 15) is 4.79 Å². The molecule has 6 heteroatoms. The van der Waals surface area contributed by atoms with E-state index in [2.05, 4.69) is 34.5 Å². The van der Waals surface area contributed by atoms with Gasteiger partial charge in [0.05, 0.1) is 11.4 Å². The van der Waals surface area contributed by atoms with Gasteiger partial charge in [0.25, 0.3) is 5.91 Å². The number of aromatic nitrogens is 2. The molecule has 1 amide bonds. The fraction of sp³-hybridized carbons (Fsp3) is 0.235. The van der Waals surface area contributed by atoms with Crippen molar-refractivity contribution in [3.8, 4) is 11.3 Å². The van der Waals surface area contributed by atoms with E-state index in [0.717, 1.165) is 17.7 Å². The van der Waals surface area contributed by atoms with Gasteiger partial charge >= 0.3 is 0 Å². The van der Waals surface area contributed by atoms with Crippen LogP contribution in [0.15, 0.2) is 34.2 Å². The molecule has 3 aromatic rings. The molecule has 0 unspecified atom stereocenters. The Kier molecular flexibility index (Phi) is 4.25. The zero-order valence-corrected chi connectivity index (χ0v) is 14.0. The zero-order chi connectivity index (χ0) is 16.4. The first-order valence-electron chi connectivity index (χ1n) is 7.37. The molecule has 1 N–H and O–H groups in total. The molecule has 23 heavy (non-hydrogen) atoms. The topological polar surface area (TPSA) is 68.0 Å². The number of nitrogens with zero attached hydrogens (tertiary/aromatic N) is 2. The number of benzene rings is 1. The molecule has 1 aromatic carbocycles. The summed E-state index contributed by atoms with van der Waals surface area (Å²) in [5.74, 6) is 0.260. The molecule has 3 rings (SSSR count). The van der Waals surface area contributed by atoms with Crippen molar-refractivity contribution in [1.29, 1.82) is 0 Å². The Labute approximate surface area is 138 Å². The summed E-state index contributed by atoms with van der Waals surface area (Å²) in [7, 11) is 0. The lowest BCUT2D eigenvalue weighted by atomic mass is 10.1. The fourth-order valence-electron chi connectivity index (χ4n) is 2.34. The highest BCUT2D eigenvalue weighted by atomic mass is 32.1. The van der Waals surface area contributed by atoms with E-state index >= 15 is 0 Å². The van der Waals surface area contributed by atoms with Crippen LogP contribution in [-0.4, -0.2) is 16.0 Å². The number of carbonyl (C=O) groups is 1. The van der Waals surface area contributed by atoms with E-state index in [-0.39, 0.29) is 5.91 Å². The third kappa shape index (κ3) is 3.17. The van der Waals surface area contributed by atoms with Crippen LogP contribution < -0.4 is 5.32 Å². The molecule has 0 saturated heterocycles. The molecule has 0 aliphatic heterocycles. The maximum Gasteiger partial charge on any atom is 0.262 e. The van der Waals surface area contributed by atoms with Crippen LogP contribution in [-0.2, 0) is 6.42 Å². The minimum Gasteiger partial charge on any atom is -0.361 e. The Morgan fingerprint density at radius 1 is 1.26 bits per heavy atom. The lowest BCUT2D eigenvalue weighted by Crippen LogP contribution is -2.13. The summed E-state index contributed by atoms with van der Waals surface area (Å²) in [6, 6.07) is 8.29. The van der Waals surface area contributed by atoms with Crippen molar-refractivity contribution in [1.82, 2.24) is 10.1 Å². The van der Waals surface area contributed by atoms with Crippen molar-refractivity contribution in [3.63, 3.8) is 0 Å². The molecule has 2 heterocycles. The van der Waals surface area contributed by atoms with Crippen molar-refractivity contribution in [3.05, 3.63) is 52.2 Å². The number of hydrogen-bond acceptors (Lipinski definition) is 5. The Bertz CT molecular complexity index is 814. The monoisotopic (exact) mass is 327 g/mol. The van der Waals surface area contributed by atoms with Gasteiger partial charge in [-0.15, -0.1) is 11.3 Å².